The average Bonchev–Trinajstić information content (AvgIpc) is 2.92. The van der Waals surface area contributed by atoms with Crippen LogP contribution in [0.15, 0.2) is 47.6 Å². The first-order valence-corrected chi connectivity index (χ1v) is 14.1. The van der Waals surface area contributed by atoms with Crippen LogP contribution < -0.4 is 0 Å². The van der Waals surface area contributed by atoms with Gasteiger partial charge >= 0.3 is 23.9 Å². The fourth-order valence-corrected chi connectivity index (χ4v) is 3.94. The van der Waals surface area contributed by atoms with Crippen molar-refractivity contribution in [2.75, 3.05) is 19.8 Å². The van der Waals surface area contributed by atoms with Crippen molar-refractivity contribution in [1.82, 2.24) is 0 Å². The van der Waals surface area contributed by atoms with Gasteiger partial charge in [0.05, 0.1) is 18.3 Å². The summed E-state index contributed by atoms with van der Waals surface area (Å²) in [6, 6.07) is 0. The van der Waals surface area contributed by atoms with E-state index in [1.54, 1.807) is 32.9 Å². The second-order valence-corrected chi connectivity index (χ2v) is 10.6. The van der Waals surface area contributed by atoms with Gasteiger partial charge in [0, 0.05) is 18.4 Å². The van der Waals surface area contributed by atoms with Gasteiger partial charge in [-0.05, 0) is 58.3 Å². The van der Waals surface area contributed by atoms with E-state index in [2.05, 4.69) is 6.92 Å². The molecule has 0 N–H and O–H groups in total. The Kier molecular flexibility index (Phi) is 14.4. The van der Waals surface area contributed by atoms with Crippen molar-refractivity contribution in [3.05, 3.63) is 47.6 Å². The Hall–Kier alpha value is -3.20. The van der Waals surface area contributed by atoms with Crippen molar-refractivity contribution in [1.29, 1.82) is 0 Å². The molecule has 0 fully saturated rings. The molecule has 0 aliphatic heterocycles. The minimum atomic E-state index is -0.561. The molecule has 0 aromatic carbocycles. The molecule has 0 aromatic heterocycles. The van der Waals surface area contributed by atoms with E-state index in [1.165, 1.54) is 0 Å². The molecule has 2 aliphatic carbocycles. The molecular weight excluding hydrogens is 516 g/mol. The maximum atomic E-state index is 12.2. The molecule has 2 rings (SSSR count). The van der Waals surface area contributed by atoms with E-state index < -0.39 is 24.1 Å². The molecule has 9 heteroatoms. The van der Waals surface area contributed by atoms with Gasteiger partial charge in [-0.1, -0.05) is 50.3 Å². The van der Waals surface area contributed by atoms with Crippen LogP contribution in [0.5, 0.6) is 0 Å². The first kappa shape index (κ1) is 33.0. The fourth-order valence-electron chi connectivity index (χ4n) is 3.94. The number of rotatable bonds is 16. The summed E-state index contributed by atoms with van der Waals surface area (Å²) in [5.74, 6) is -1.03. The van der Waals surface area contributed by atoms with E-state index in [-0.39, 0.29) is 56.6 Å². The quantitative estimate of drug-likeness (QED) is 0.147. The zero-order chi connectivity index (χ0) is 29.5. The van der Waals surface area contributed by atoms with Gasteiger partial charge in [0.1, 0.15) is 25.4 Å². The second-order valence-electron chi connectivity index (χ2n) is 10.6. The Morgan fingerprint density at radius 2 is 1.50 bits per heavy atom. The Morgan fingerprint density at radius 1 is 0.825 bits per heavy atom. The molecule has 0 radical (unpaired) electrons. The monoisotopic (exact) mass is 560 g/mol. The predicted molar refractivity (Wildman–Crippen MR) is 149 cm³/mol. The lowest BCUT2D eigenvalue weighted by molar-refractivity contribution is -0.155. The number of carbonyl (C=O) groups excluding carboxylic acids is 4. The van der Waals surface area contributed by atoms with Crippen LogP contribution in [0.4, 0.5) is 0 Å². The SMILES string of the molecule is CC1C=CC(C(=O)OC(C)COC(=O)CCCCC(=O)OC(C)COC(C)COC(=O)C2=CC=CCC2C)=CC1. The van der Waals surface area contributed by atoms with Crippen LogP contribution in [0.2, 0.25) is 0 Å². The van der Waals surface area contributed by atoms with Gasteiger partial charge in [0.2, 0.25) is 0 Å². The van der Waals surface area contributed by atoms with Crippen LogP contribution in [0.1, 0.15) is 73.1 Å². The molecule has 0 amide bonds. The average molecular weight is 561 g/mol. The number of esters is 4. The van der Waals surface area contributed by atoms with E-state index >= 15 is 0 Å². The van der Waals surface area contributed by atoms with E-state index in [4.69, 9.17) is 23.7 Å². The summed E-state index contributed by atoms with van der Waals surface area (Å²) in [7, 11) is 0. The fraction of sp³-hybridized carbons (Fsp3) is 0.613. The third-order valence-electron chi connectivity index (χ3n) is 6.41. The van der Waals surface area contributed by atoms with Crippen LogP contribution >= 0.6 is 0 Å². The number of hydrogen-bond donors (Lipinski definition) is 0. The Morgan fingerprint density at radius 3 is 2.17 bits per heavy atom. The number of ether oxygens (including phenoxy) is 5. The molecule has 0 heterocycles. The minimum Gasteiger partial charge on any atom is -0.462 e. The van der Waals surface area contributed by atoms with Crippen LogP contribution in [-0.2, 0) is 42.9 Å². The molecule has 0 saturated heterocycles. The van der Waals surface area contributed by atoms with Crippen molar-refractivity contribution < 1.29 is 42.9 Å². The van der Waals surface area contributed by atoms with Crippen LogP contribution in [-0.4, -0.2) is 62.0 Å². The van der Waals surface area contributed by atoms with Gasteiger partial charge in [0.25, 0.3) is 0 Å². The van der Waals surface area contributed by atoms with Gasteiger partial charge in [-0.15, -0.1) is 0 Å². The third kappa shape index (κ3) is 12.8. The topological polar surface area (TPSA) is 114 Å². The van der Waals surface area contributed by atoms with Crippen LogP contribution in [0.25, 0.3) is 0 Å². The standard InChI is InChI=1S/C31H44O9/c1-21-14-16-26(17-15-21)30(34)40-25(5)20-37-28(32)12-8-9-13-29(33)39-24(4)19-36-23(3)18-38-31(35)27-11-7-6-10-22(27)2/h6-7,11,14,16-17,21-25H,8-10,12-13,15,18-20H2,1-5H3. The smallest absolute Gasteiger partial charge is 0.338 e. The van der Waals surface area contributed by atoms with E-state index in [1.807, 2.05) is 31.2 Å². The van der Waals surface area contributed by atoms with Gasteiger partial charge < -0.3 is 23.7 Å². The molecule has 5 atom stereocenters. The largest absolute Gasteiger partial charge is 0.462 e. The predicted octanol–water partition coefficient (Wildman–Crippen LogP) is 4.95. The van der Waals surface area contributed by atoms with Gasteiger partial charge in [0.15, 0.2) is 0 Å². The summed E-state index contributed by atoms with van der Waals surface area (Å²) in [6.07, 6.45) is 12.7. The van der Waals surface area contributed by atoms with Crippen LogP contribution in [0, 0.1) is 11.8 Å². The normalized spacial score (nSPS) is 20.4. The molecule has 222 valence electrons. The molecule has 0 spiro atoms. The maximum Gasteiger partial charge on any atom is 0.338 e. The molecule has 0 aromatic rings. The molecule has 2 aliphatic rings. The summed E-state index contributed by atoms with van der Waals surface area (Å²) < 4.78 is 26.9. The zero-order valence-corrected chi connectivity index (χ0v) is 24.4. The van der Waals surface area contributed by atoms with Crippen molar-refractivity contribution in [2.45, 2.75) is 91.5 Å². The van der Waals surface area contributed by atoms with E-state index in [0.29, 0.717) is 29.9 Å². The molecule has 5 unspecified atom stereocenters. The van der Waals surface area contributed by atoms with Crippen LogP contribution in [0.3, 0.4) is 0 Å². The summed E-state index contributed by atoms with van der Waals surface area (Å²) in [4.78, 5) is 48.5. The zero-order valence-electron chi connectivity index (χ0n) is 24.4. The molecule has 0 bridgehead atoms. The summed E-state index contributed by atoms with van der Waals surface area (Å²) in [5.41, 5.74) is 1.17. The molecule has 0 saturated carbocycles. The summed E-state index contributed by atoms with van der Waals surface area (Å²) in [6.45, 7) is 9.49. The highest BCUT2D eigenvalue weighted by molar-refractivity contribution is 5.92. The highest BCUT2D eigenvalue weighted by Crippen LogP contribution is 2.21. The number of unbranched alkanes of at least 4 members (excludes halogenated alkanes) is 1. The van der Waals surface area contributed by atoms with E-state index in [0.717, 1.165) is 12.8 Å². The maximum absolute atomic E-state index is 12.2. The number of allylic oxidation sites excluding steroid dienone is 5. The Labute approximate surface area is 237 Å². The number of carbonyl (C=O) groups is 4. The Bertz CT molecular complexity index is 991. The van der Waals surface area contributed by atoms with Gasteiger partial charge in [-0.2, -0.15) is 0 Å². The van der Waals surface area contributed by atoms with Gasteiger partial charge in [-0.25, -0.2) is 9.59 Å². The Balaban J connectivity index is 1.50. The molecule has 9 nitrogen and oxygen atoms in total. The minimum absolute atomic E-state index is 0.0243. The second kappa shape index (κ2) is 17.5. The summed E-state index contributed by atoms with van der Waals surface area (Å²) in [5, 5.41) is 0. The van der Waals surface area contributed by atoms with Crippen molar-refractivity contribution in [3.63, 3.8) is 0 Å². The highest BCUT2D eigenvalue weighted by atomic mass is 16.6. The van der Waals surface area contributed by atoms with Gasteiger partial charge in [-0.3, -0.25) is 9.59 Å². The van der Waals surface area contributed by atoms with Crippen molar-refractivity contribution in [2.24, 2.45) is 11.8 Å². The van der Waals surface area contributed by atoms with E-state index in [9.17, 15) is 19.2 Å². The van der Waals surface area contributed by atoms with Crippen molar-refractivity contribution >= 4 is 23.9 Å². The molecular formula is C31H44O9. The first-order valence-electron chi connectivity index (χ1n) is 14.1. The number of hydrogen-bond acceptors (Lipinski definition) is 9. The third-order valence-corrected chi connectivity index (χ3v) is 6.41. The van der Waals surface area contributed by atoms with Crippen molar-refractivity contribution in [3.8, 4) is 0 Å². The lowest BCUT2D eigenvalue weighted by Crippen LogP contribution is -2.27. The lowest BCUT2D eigenvalue weighted by atomic mass is 9.93. The summed E-state index contributed by atoms with van der Waals surface area (Å²) >= 11 is 0. The first-order chi connectivity index (χ1) is 19.0. The highest BCUT2D eigenvalue weighted by Gasteiger charge is 2.21. The lowest BCUT2D eigenvalue weighted by Gasteiger charge is -2.19. The molecule has 40 heavy (non-hydrogen) atoms.